The van der Waals surface area contributed by atoms with Gasteiger partial charge in [-0.25, -0.2) is 4.79 Å². The van der Waals surface area contributed by atoms with Gasteiger partial charge in [-0.05, 0) is 49.0 Å². The molecule has 6 heteroatoms. The van der Waals surface area contributed by atoms with Crippen LogP contribution >= 0.6 is 0 Å². The Morgan fingerprint density at radius 3 is 2.36 bits per heavy atom. The fourth-order valence-corrected chi connectivity index (χ4v) is 3.44. The van der Waals surface area contributed by atoms with E-state index in [1.807, 2.05) is 0 Å². The highest BCUT2D eigenvalue weighted by Gasteiger charge is 2.29. The molecule has 1 fully saturated rings. The lowest BCUT2D eigenvalue weighted by Gasteiger charge is -2.35. The predicted molar refractivity (Wildman–Crippen MR) is 108 cm³/mol. The van der Waals surface area contributed by atoms with Crippen LogP contribution in [0.25, 0.3) is 6.08 Å². The van der Waals surface area contributed by atoms with Crippen LogP contribution in [0.5, 0.6) is 11.5 Å². The van der Waals surface area contributed by atoms with E-state index < -0.39 is 12.1 Å². The summed E-state index contributed by atoms with van der Waals surface area (Å²) in [7, 11) is 3.12. The van der Waals surface area contributed by atoms with Gasteiger partial charge < -0.3 is 19.5 Å². The fourth-order valence-electron chi connectivity index (χ4n) is 3.44. The lowest BCUT2D eigenvalue weighted by molar-refractivity contribution is -0.150. The maximum absolute atomic E-state index is 12.4. The Morgan fingerprint density at radius 2 is 1.75 bits per heavy atom. The van der Waals surface area contributed by atoms with E-state index in [1.54, 1.807) is 45.4 Å². The van der Waals surface area contributed by atoms with E-state index in [2.05, 4.69) is 19.2 Å². The number of hydrogen-bond acceptors (Lipinski definition) is 5. The topological polar surface area (TPSA) is 73.9 Å². The number of methoxy groups -OCH3 is 2. The molecule has 0 heterocycles. The maximum Gasteiger partial charge on any atom is 0.331 e. The van der Waals surface area contributed by atoms with Crippen molar-refractivity contribution < 1.29 is 23.8 Å². The summed E-state index contributed by atoms with van der Waals surface area (Å²) in [5.74, 6) is 1.42. The van der Waals surface area contributed by atoms with Crippen molar-refractivity contribution in [2.24, 2.45) is 11.8 Å². The van der Waals surface area contributed by atoms with Crippen molar-refractivity contribution in [3.63, 3.8) is 0 Å². The number of amides is 1. The highest BCUT2D eigenvalue weighted by molar-refractivity contribution is 5.90. The van der Waals surface area contributed by atoms with Crippen LogP contribution in [0.2, 0.25) is 0 Å². The van der Waals surface area contributed by atoms with E-state index in [-0.39, 0.29) is 11.9 Å². The van der Waals surface area contributed by atoms with Crippen LogP contribution in [0.1, 0.15) is 45.6 Å². The summed E-state index contributed by atoms with van der Waals surface area (Å²) in [6.07, 6.45) is 5.32. The minimum atomic E-state index is -0.846. The Kier molecular flexibility index (Phi) is 7.91. The Hall–Kier alpha value is -2.50. The molecule has 0 saturated heterocycles. The second kappa shape index (κ2) is 10.2. The Morgan fingerprint density at radius 1 is 1.11 bits per heavy atom. The number of carbonyl (C=O) groups excluding carboxylic acids is 2. The van der Waals surface area contributed by atoms with Gasteiger partial charge in [-0.3, -0.25) is 4.79 Å². The molecule has 6 nitrogen and oxygen atoms in total. The highest BCUT2D eigenvalue weighted by Crippen LogP contribution is 2.29. The van der Waals surface area contributed by atoms with Gasteiger partial charge in [0.15, 0.2) is 6.10 Å². The molecule has 1 aromatic carbocycles. The first-order chi connectivity index (χ1) is 13.3. The van der Waals surface area contributed by atoms with E-state index in [9.17, 15) is 9.59 Å². The minimum absolute atomic E-state index is 0.136. The van der Waals surface area contributed by atoms with Gasteiger partial charge in [0.05, 0.1) is 14.2 Å². The summed E-state index contributed by atoms with van der Waals surface area (Å²) in [6.45, 7) is 5.97. The second-order valence-corrected chi connectivity index (χ2v) is 7.44. The van der Waals surface area contributed by atoms with Crippen molar-refractivity contribution in [2.45, 2.75) is 52.2 Å². The number of hydrogen-bond donors (Lipinski definition) is 1. The molecule has 1 aliphatic rings. The molecule has 0 unspecified atom stereocenters. The van der Waals surface area contributed by atoms with Crippen LogP contribution in [-0.2, 0) is 14.3 Å². The molecule has 28 heavy (non-hydrogen) atoms. The number of nitrogens with one attached hydrogen (secondary N) is 1. The van der Waals surface area contributed by atoms with Crippen molar-refractivity contribution >= 4 is 18.0 Å². The first-order valence-corrected chi connectivity index (χ1v) is 9.76. The summed E-state index contributed by atoms with van der Waals surface area (Å²) in [6, 6.07) is 5.43. The molecule has 0 aliphatic heterocycles. The quantitative estimate of drug-likeness (QED) is 0.570. The van der Waals surface area contributed by atoms with Gasteiger partial charge in [-0.1, -0.05) is 26.7 Å². The summed E-state index contributed by atoms with van der Waals surface area (Å²) in [5.41, 5.74) is 0.732. The lowest BCUT2D eigenvalue weighted by atomic mass is 9.78. The van der Waals surface area contributed by atoms with Gasteiger partial charge in [0, 0.05) is 18.2 Å². The largest absolute Gasteiger partial charge is 0.497 e. The number of ether oxygens (including phenoxy) is 3. The third-order valence-corrected chi connectivity index (χ3v) is 5.48. The van der Waals surface area contributed by atoms with Crippen LogP contribution in [-0.4, -0.2) is 38.2 Å². The van der Waals surface area contributed by atoms with Crippen molar-refractivity contribution in [3.05, 3.63) is 29.8 Å². The predicted octanol–water partition coefficient (Wildman–Crippen LogP) is 3.59. The van der Waals surface area contributed by atoms with Gasteiger partial charge in [-0.15, -0.1) is 0 Å². The van der Waals surface area contributed by atoms with Crippen molar-refractivity contribution in [3.8, 4) is 11.5 Å². The van der Waals surface area contributed by atoms with Crippen molar-refractivity contribution in [2.75, 3.05) is 14.2 Å². The van der Waals surface area contributed by atoms with Crippen LogP contribution in [0.4, 0.5) is 0 Å². The highest BCUT2D eigenvalue weighted by atomic mass is 16.5. The molecule has 4 atom stereocenters. The first-order valence-electron chi connectivity index (χ1n) is 9.76. The van der Waals surface area contributed by atoms with Gasteiger partial charge in [-0.2, -0.15) is 0 Å². The normalized spacial score (nSPS) is 23.1. The van der Waals surface area contributed by atoms with Crippen molar-refractivity contribution in [1.29, 1.82) is 0 Å². The lowest BCUT2D eigenvalue weighted by Crippen LogP contribution is -2.47. The molecule has 154 valence electrons. The summed E-state index contributed by atoms with van der Waals surface area (Å²) >= 11 is 0. The molecule has 1 amide bonds. The molecule has 0 bridgehead atoms. The average Bonchev–Trinajstić information content (AvgIpc) is 2.69. The van der Waals surface area contributed by atoms with Gasteiger partial charge in [0.25, 0.3) is 5.91 Å². The van der Waals surface area contributed by atoms with E-state index in [0.29, 0.717) is 23.3 Å². The zero-order valence-corrected chi connectivity index (χ0v) is 17.4. The van der Waals surface area contributed by atoms with Gasteiger partial charge in [0.1, 0.15) is 11.5 Å². The summed E-state index contributed by atoms with van der Waals surface area (Å²) < 4.78 is 15.7. The molecule has 1 N–H and O–H groups in total. The zero-order valence-electron chi connectivity index (χ0n) is 17.4. The molecule has 0 spiro atoms. The molecule has 0 radical (unpaired) electrons. The second-order valence-electron chi connectivity index (χ2n) is 7.44. The molecule has 1 aromatic rings. The molecule has 2 rings (SSSR count). The van der Waals surface area contributed by atoms with E-state index >= 15 is 0 Å². The minimum Gasteiger partial charge on any atom is -0.497 e. The zero-order chi connectivity index (χ0) is 20.7. The number of benzene rings is 1. The van der Waals surface area contributed by atoms with Gasteiger partial charge >= 0.3 is 5.97 Å². The molecular weight excluding hydrogens is 358 g/mol. The van der Waals surface area contributed by atoms with Crippen LogP contribution in [0.15, 0.2) is 24.3 Å². The third-order valence-electron chi connectivity index (χ3n) is 5.48. The fraction of sp³-hybridized carbons (Fsp3) is 0.545. The van der Waals surface area contributed by atoms with Crippen LogP contribution < -0.4 is 14.8 Å². The van der Waals surface area contributed by atoms with Gasteiger partial charge in [0.2, 0.25) is 0 Å². The van der Waals surface area contributed by atoms with E-state index in [0.717, 1.165) is 18.4 Å². The standard InChI is InChI=1S/C22H31NO5/c1-14-7-6-8-20(15(14)2)23-22(25)16(3)28-21(24)10-9-17-11-18(26-4)13-19(12-17)27-5/h9-16,20H,6-8H2,1-5H3,(H,23,25)/b10-9+/t14-,15+,16-,20+/m1/s1. The Balaban J connectivity index is 1.91. The Bertz CT molecular complexity index is 693. The van der Waals surface area contributed by atoms with Crippen molar-refractivity contribution in [1.82, 2.24) is 5.32 Å². The molecular formula is C22H31NO5. The average molecular weight is 389 g/mol. The van der Waals surface area contributed by atoms with E-state index in [1.165, 1.54) is 12.5 Å². The SMILES string of the molecule is COc1cc(/C=C/C(=O)O[C@H](C)C(=O)N[C@H]2CCC[C@@H](C)[C@@H]2C)cc(OC)c1. The Labute approximate surface area is 167 Å². The number of carbonyl (C=O) groups is 2. The monoisotopic (exact) mass is 389 g/mol. The third kappa shape index (κ3) is 6.01. The summed E-state index contributed by atoms with van der Waals surface area (Å²) in [4.78, 5) is 24.5. The molecule has 1 saturated carbocycles. The first kappa shape index (κ1) is 21.8. The maximum atomic E-state index is 12.4. The molecule has 0 aromatic heterocycles. The van der Waals surface area contributed by atoms with Crippen LogP contribution in [0, 0.1) is 11.8 Å². The summed E-state index contributed by atoms with van der Waals surface area (Å²) in [5, 5.41) is 3.03. The smallest absolute Gasteiger partial charge is 0.331 e. The van der Waals surface area contributed by atoms with Crippen LogP contribution in [0.3, 0.4) is 0 Å². The number of rotatable bonds is 7. The molecule has 1 aliphatic carbocycles. The van der Waals surface area contributed by atoms with E-state index in [4.69, 9.17) is 14.2 Å². The number of esters is 1.